The quantitative estimate of drug-likeness (QED) is 0.771. The predicted octanol–water partition coefficient (Wildman–Crippen LogP) is 4.09. The summed E-state index contributed by atoms with van der Waals surface area (Å²) < 4.78 is 1.71. The van der Waals surface area contributed by atoms with E-state index in [1.165, 1.54) is 0 Å². The second kappa shape index (κ2) is 7.41. The van der Waals surface area contributed by atoms with Crippen LogP contribution < -0.4 is 5.73 Å². The van der Waals surface area contributed by atoms with Crippen LogP contribution in [0.2, 0.25) is 5.02 Å². The van der Waals surface area contributed by atoms with E-state index in [2.05, 4.69) is 25.9 Å². The highest BCUT2D eigenvalue weighted by atomic mass is 35.5. The number of aromatic nitrogens is 2. The zero-order valence-electron chi connectivity index (χ0n) is 13.8. The molecule has 1 aromatic heterocycles. The lowest BCUT2D eigenvalue weighted by Gasteiger charge is -2.30. The van der Waals surface area contributed by atoms with Crippen molar-refractivity contribution in [2.24, 2.45) is 17.1 Å². The van der Waals surface area contributed by atoms with Gasteiger partial charge < -0.3 is 5.73 Å². The summed E-state index contributed by atoms with van der Waals surface area (Å²) in [6, 6.07) is 0.124. The molecule has 0 aliphatic rings. The Morgan fingerprint density at radius 1 is 1.38 bits per heavy atom. The highest BCUT2D eigenvalue weighted by Gasteiger charge is 2.26. The van der Waals surface area contributed by atoms with Crippen LogP contribution in [-0.2, 0) is 0 Å². The Hall–Kier alpha value is -0.870. The van der Waals surface area contributed by atoms with Gasteiger partial charge >= 0.3 is 0 Å². The molecule has 1 aromatic rings. The summed E-state index contributed by atoms with van der Waals surface area (Å²) in [5, 5.41) is 4.64. The van der Waals surface area contributed by atoms with Gasteiger partial charge in [-0.2, -0.15) is 5.10 Å². The summed E-state index contributed by atoms with van der Waals surface area (Å²) in [4.78, 5) is 12.5. The number of rotatable bonds is 7. The van der Waals surface area contributed by atoms with Crippen molar-refractivity contribution in [2.45, 2.75) is 59.9 Å². The Labute approximate surface area is 133 Å². The molecule has 0 radical (unpaired) electrons. The smallest absolute Gasteiger partial charge is 0.182 e. The number of nitrogens with zero attached hydrogens (tertiary/aromatic N) is 2. The molecule has 5 heteroatoms. The van der Waals surface area contributed by atoms with Crippen LogP contribution in [0.1, 0.15) is 70.4 Å². The summed E-state index contributed by atoms with van der Waals surface area (Å²) in [5.74, 6) is 0.498. The van der Waals surface area contributed by atoms with Crippen molar-refractivity contribution >= 4 is 17.4 Å². The van der Waals surface area contributed by atoms with Gasteiger partial charge in [-0.1, -0.05) is 32.4 Å². The molecule has 21 heavy (non-hydrogen) atoms. The highest BCUT2D eigenvalue weighted by molar-refractivity contribution is 6.33. The third-order valence-electron chi connectivity index (χ3n) is 3.96. The van der Waals surface area contributed by atoms with Crippen molar-refractivity contribution in [3.8, 4) is 0 Å². The molecule has 0 saturated heterocycles. The first kappa shape index (κ1) is 18.2. The standard InChI is InChI=1S/C16H28ClN3O/c1-11(2)20-15(13(17)10-19-20)14(21)7-6-12(8-9-18)16(3,4)5/h10-12H,6-9,18H2,1-5H3. The van der Waals surface area contributed by atoms with E-state index in [9.17, 15) is 4.79 Å². The normalized spacial score (nSPS) is 13.7. The third kappa shape index (κ3) is 4.82. The first-order valence-corrected chi connectivity index (χ1v) is 8.02. The van der Waals surface area contributed by atoms with Gasteiger partial charge in [0.05, 0.1) is 11.2 Å². The average molecular weight is 314 g/mol. The first-order chi connectivity index (χ1) is 9.68. The molecule has 1 unspecified atom stereocenters. The molecule has 0 aliphatic heterocycles. The maximum absolute atomic E-state index is 12.5. The van der Waals surface area contributed by atoms with E-state index in [0.717, 1.165) is 12.8 Å². The van der Waals surface area contributed by atoms with Gasteiger partial charge in [-0.3, -0.25) is 9.48 Å². The van der Waals surface area contributed by atoms with E-state index in [-0.39, 0.29) is 17.2 Å². The number of ketones is 1. The monoisotopic (exact) mass is 313 g/mol. The lowest BCUT2D eigenvalue weighted by molar-refractivity contribution is 0.0945. The minimum atomic E-state index is 0.0671. The molecule has 0 aromatic carbocycles. The van der Waals surface area contributed by atoms with E-state index in [0.29, 0.717) is 29.6 Å². The molecule has 1 atom stereocenters. The topological polar surface area (TPSA) is 60.9 Å². The van der Waals surface area contributed by atoms with Crippen molar-refractivity contribution in [2.75, 3.05) is 6.54 Å². The van der Waals surface area contributed by atoms with E-state index in [1.807, 2.05) is 13.8 Å². The fourth-order valence-corrected chi connectivity index (χ4v) is 2.86. The SMILES string of the molecule is CC(C)n1ncc(Cl)c1C(=O)CCC(CCN)C(C)(C)C. The molecule has 0 aliphatic carbocycles. The van der Waals surface area contributed by atoms with Crippen LogP contribution in [0.3, 0.4) is 0 Å². The molecule has 0 saturated carbocycles. The number of halogens is 1. The third-order valence-corrected chi connectivity index (χ3v) is 4.24. The number of hydrogen-bond acceptors (Lipinski definition) is 3. The molecule has 0 bridgehead atoms. The van der Waals surface area contributed by atoms with Gasteiger partial charge in [0.1, 0.15) is 5.69 Å². The van der Waals surface area contributed by atoms with Crippen molar-refractivity contribution in [3.63, 3.8) is 0 Å². The fourth-order valence-electron chi connectivity index (χ4n) is 2.63. The Kier molecular flexibility index (Phi) is 6.41. The molecule has 0 spiro atoms. The predicted molar refractivity (Wildman–Crippen MR) is 87.8 cm³/mol. The zero-order chi connectivity index (χ0) is 16.2. The van der Waals surface area contributed by atoms with Crippen LogP contribution in [0.25, 0.3) is 0 Å². The molecule has 1 heterocycles. The first-order valence-electron chi connectivity index (χ1n) is 7.64. The number of carbonyl (C=O) groups excluding carboxylic acids is 1. The minimum absolute atomic E-state index is 0.0671. The summed E-state index contributed by atoms with van der Waals surface area (Å²) >= 11 is 6.13. The lowest BCUT2D eigenvalue weighted by atomic mass is 9.76. The number of Topliss-reactive ketones (excluding diaryl/α,β-unsaturated/α-hetero) is 1. The Bertz CT molecular complexity index is 474. The second-order valence-electron chi connectivity index (χ2n) is 6.98. The second-order valence-corrected chi connectivity index (χ2v) is 7.39. The van der Waals surface area contributed by atoms with Crippen LogP contribution in [0.4, 0.5) is 0 Å². The maximum atomic E-state index is 12.5. The van der Waals surface area contributed by atoms with Gasteiger partial charge in [-0.25, -0.2) is 0 Å². The van der Waals surface area contributed by atoms with E-state index >= 15 is 0 Å². The largest absolute Gasteiger partial charge is 0.330 e. The summed E-state index contributed by atoms with van der Waals surface area (Å²) in [6.07, 6.45) is 3.81. The molecule has 4 nitrogen and oxygen atoms in total. The Morgan fingerprint density at radius 2 is 2.00 bits per heavy atom. The van der Waals surface area contributed by atoms with Crippen molar-refractivity contribution < 1.29 is 4.79 Å². The fraction of sp³-hybridized carbons (Fsp3) is 0.750. The van der Waals surface area contributed by atoms with E-state index in [4.69, 9.17) is 17.3 Å². The summed E-state index contributed by atoms with van der Waals surface area (Å²) in [7, 11) is 0. The average Bonchev–Trinajstić information content (AvgIpc) is 2.74. The molecular weight excluding hydrogens is 286 g/mol. The molecule has 0 amide bonds. The van der Waals surface area contributed by atoms with Gasteiger partial charge in [-0.15, -0.1) is 0 Å². The Balaban J connectivity index is 2.80. The van der Waals surface area contributed by atoms with Crippen molar-refractivity contribution in [3.05, 3.63) is 16.9 Å². The summed E-state index contributed by atoms with van der Waals surface area (Å²) in [5.41, 5.74) is 6.38. The molecule has 0 fully saturated rings. The van der Waals surface area contributed by atoms with Crippen LogP contribution in [0.15, 0.2) is 6.20 Å². The van der Waals surface area contributed by atoms with Crippen LogP contribution >= 0.6 is 11.6 Å². The zero-order valence-corrected chi connectivity index (χ0v) is 14.6. The van der Waals surface area contributed by atoms with E-state index in [1.54, 1.807) is 10.9 Å². The van der Waals surface area contributed by atoms with Crippen LogP contribution in [-0.4, -0.2) is 22.1 Å². The van der Waals surface area contributed by atoms with Gasteiger partial charge in [-0.05, 0) is 44.6 Å². The number of carbonyl (C=O) groups is 1. The molecule has 2 N–H and O–H groups in total. The van der Waals surface area contributed by atoms with Crippen molar-refractivity contribution in [1.82, 2.24) is 9.78 Å². The summed E-state index contributed by atoms with van der Waals surface area (Å²) in [6.45, 7) is 11.2. The minimum Gasteiger partial charge on any atom is -0.330 e. The van der Waals surface area contributed by atoms with Crippen LogP contribution in [0, 0.1) is 11.3 Å². The molecule has 1 rings (SSSR count). The van der Waals surface area contributed by atoms with E-state index < -0.39 is 0 Å². The van der Waals surface area contributed by atoms with Gasteiger partial charge in [0.2, 0.25) is 0 Å². The van der Waals surface area contributed by atoms with Gasteiger partial charge in [0.25, 0.3) is 0 Å². The Morgan fingerprint density at radius 3 is 2.48 bits per heavy atom. The maximum Gasteiger partial charge on any atom is 0.182 e. The number of hydrogen-bond donors (Lipinski definition) is 1. The van der Waals surface area contributed by atoms with Crippen LogP contribution in [0.5, 0.6) is 0 Å². The van der Waals surface area contributed by atoms with Gasteiger partial charge in [0, 0.05) is 12.5 Å². The highest BCUT2D eigenvalue weighted by Crippen LogP contribution is 2.33. The number of nitrogens with two attached hydrogens (primary N) is 1. The lowest BCUT2D eigenvalue weighted by Crippen LogP contribution is -2.24. The van der Waals surface area contributed by atoms with Gasteiger partial charge in [0.15, 0.2) is 5.78 Å². The van der Waals surface area contributed by atoms with Crippen molar-refractivity contribution in [1.29, 1.82) is 0 Å². The molecular formula is C16H28ClN3O. The molecule has 120 valence electrons.